The molecule has 0 radical (unpaired) electrons. The van der Waals surface area contributed by atoms with Crippen molar-refractivity contribution in [3.8, 4) is 0 Å². The predicted molar refractivity (Wildman–Crippen MR) is 109 cm³/mol. The average molecular weight is 481 g/mol. The maximum Gasteiger partial charge on any atom is 0.421 e. The molecular weight excluding hydrogens is 461 g/mol. The smallest absolute Gasteiger partial charge is 0.384 e. The minimum Gasteiger partial charge on any atom is -0.384 e. The highest BCUT2D eigenvalue weighted by molar-refractivity contribution is 7.89. The second kappa shape index (κ2) is 9.34. The fourth-order valence-electron chi connectivity index (χ4n) is 2.25. The molecule has 1 unspecified atom stereocenters. The van der Waals surface area contributed by atoms with Crippen molar-refractivity contribution in [2.75, 3.05) is 17.6 Å². The Morgan fingerprint density at radius 3 is 2.35 bits per heavy atom. The third kappa shape index (κ3) is 6.50. The van der Waals surface area contributed by atoms with E-state index in [-0.39, 0.29) is 23.2 Å². The lowest BCUT2D eigenvalue weighted by Crippen LogP contribution is -2.39. The first-order valence-corrected chi connectivity index (χ1v) is 10.5. The van der Waals surface area contributed by atoms with Gasteiger partial charge >= 0.3 is 6.18 Å². The maximum absolute atomic E-state index is 12.9. The molecule has 31 heavy (non-hydrogen) atoms. The molecule has 0 bridgehead atoms. The van der Waals surface area contributed by atoms with E-state index in [4.69, 9.17) is 17.3 Å². The first kappa shape index (κ1) is 24.8. The van der Waals surface area contributed by atoms with E-state index < -0.39 is 33.4 Å². The summed E-state index contributed by atoms with van der Waals surface area (Å²) in [6, 6.07) is 1.87. The van der Waals surface area contributed by atoms with Gasteiger partial charge in [-0.15, -0.1) is 0 Å². The van der Waals surface area contributed by atoms with Gasteiger partial charge < -0.3 is 16.2 Å². The van der Waals surface area contributed by atoms with E-state index in [1.54, 1.807) is 6.92 Å². The molecule has 2 aromatic heterocycles. The molecule has 0 aliphatic carbocycles. The van der Waals surface area contributed by atoms with Gasteiger partial charge in [0.1, 0.15) is 10.7 Å². The molecule has 2 atom stereocenters. The highest BCUT2D eigenvalue weighted by Crippen LogP contribution is 2.37. The van der Waals surface area contributed by atoms with Gasteiger partial charge in [-0.3, -0.25) is 0 Å². The second-order valence-electron chi connectivity index (χ2n) is 6.64. The number of aliphatic hydroxyl groups is 1. The average Bonchev–Trinajstić information content (AvgIpc) is 2.66. The minimum atomic E-state index is -4.92. The molecule has 0 spiro atoms. The van der Waals surface area contributed by atoms with Crippen molar-refractivity contribution in [3.63, 3.8) is 0 Å². The topological polar surface area (TPSA) is 143 Å². The number of nitrogens with one attached hydrogen (secondary N) is 2. The summed E-state index contributed by atoms with van der Waals surface area (Å²) in [7, 11) is -3.92. The number of alkyl halides is 3. The van der Waals surface area contributed by atoms with E-state index in [2.05, 4.69) is 25.0 Å². The molecule has 5 N–H and O–H groups in total. The van der Waals surface area contributed by atoms with E-state index in [1.165, 1.54) is 18.2 Å². The predicted octanol–water partition coefficient (Wildman–Crippen LogP) is 2.13. The Morgan fingerprint density at radius 1 is 1.26 bits per heavy atom. The van der Waals surface area contributed by atoms with Crippen LogP contribution in [0.4, 0.5) is 24.9 Å². The van der Waals surface area contributed by atoms with Crippen LogP contribution in [0.3, 0.4) is 0 Å². The quantitative estimate of drug-likeness (QED) is 0.450. The molecule has 0 saturated heterocycles. The fraction of sp³-hybridized carbons (Fsp3) is 0.353. The lowest BCUT2D eigenvalue weighted by Gasteiger charge is -2.26. The zero-order chi connectivity index (χ0) is 23.4. The largest absolute Gasteiger partial charge is 0.421 e. The van der Waals surface area contributed by atoms with E-state index in [1.807, 2.05) is 0 Å². The van der Waals surface area contributed by atoms with Gasteiger partial charge in [-0.2, -0.15) is 13.2 Å². The summed E-state index contributed by atoms with van der Waals surface area (Å²) >= 11 is 5.88. The number of pyridine rings is 1. The molecule has 170 valence electrons. The molecule has 2 rings (SSSR count). The number of hydrogen-bond acceptors (Lipinski definition) is 8. The van der Waals surface area contributed by atoms with E-state index in [0.717, 1.165) is 18.6 Å². The third-order valence-electron chi connectivity index (χ3n) is 4.07. The van der Waals surface area contributed by atoms with Crippen molar-refractivity contribution >= 4 is 33.4 Å². The van der Waals surface area contributed by atoms with Crippen molar-refractivity contribution < 1.29 is 26.7 Å². The summed E-state index contributed by atoms with van der Waals surface area (Å²) in [5.74, 6) is 0.0542. The molecule has 9 nitrogen and oxygen atoms in total. The van der Waals surface area contributed by atoms with Crippen LogP contribution in [0.15, 0.2) is 46.7 Å². The first-order valence-electron chi connectivity index (χ1n) is 8.65. The van der Waals surface area contributed by atoms with Crippen LogP contribution < -0.4 is 15.8 Å². The SMILES string of the molecule is C/C(Cl)=C/[C@@H](CNS(=O)(=O)c1ccc(N)nc1)Nc1ncc(C(C)(O)C(F)(F)F)cn1. The highest BCUT2D eigenvalue weighted by atomic mass is 35.5. The van der Waals surface area contributed by atoms with Gasteiger partial charge in [0.25, 0.3) is 0 Å². The minimum absolute atomic E-state index is 0.103. The third-order valence-corrected chi connectivity index (χ3v) is 5.61. The number of sulfonamides is 1. The molecule has 2 heterocycles. The number of anilines is 2. The van der Waals surface area contributed by atoms with Crippen LogP contribution in [0, 0.1) is 0 Å². The highest BCUT2D eigenvalue weighted by Gasteiger charge is 2.51. The van der Waals surface area contributed by atoms with Gasteiger partial charge in [-0.05, 0) is 32.1 Å². The normalized spacial score (nSPS) is 15.9. The first-order chi connectivity index (χ1) is 14.2. The van der Waals surface area contributed by atoms with Crippen LogP contribution in [0.2, 0.25) is 0 Å². The number of nitrogens with zero attached hydrogens (tertiary/aromatic N) is 3. The molecule has 0 saturated carbocycles. The number of allylic oxidation sites excluding steroid dienone is 1. The van der Waals surface area contributed by atoms with E-state index in [9.17, 15) is 26.7 Å². The van der Waals surface area contributed by atoms with Gasteiger partial charge in [0, 0.05) is 35.7 Å². The van der Waals surface area contributed by atoms with E-state index in [0.29, 0.717) is 12.0 Å². The fourth-order valence-corrected chi connectivity index (χ4v) is 3.40. The van der Waals surface area contributed by atoms with Crippen LogP contribution >= 0.6 is 11.6 Å². The van der Waals surface area contributed by atoms with E-state index >= 15 is 0 Å². The zero-order valence-electron chi connectivity index (χ0n) is 16.4. The van der Waals surface area contributed by atoms with Crippen molar-refractivity contribution in [1.29, 1.82) is 0 Å². The Hall–Kier alpha value is -2.48. The van der Waals surface area contributed by atoms with Gasteiger partial charge in [-0.25, -0.2) is 28.1 Å². The number of nitrogen functional groups attached to an aromatic ring is 1. The second-order valence-corrected chi connectivity index (χ2v) is 9.00. The molecule has 2 aromatic rings. The van der Waals surface area contributed by atoms with Crippen molar-refractivity contribution in [2.24, 2.45) is 0 Å². The van der Waals surface area contributed by atoms with Crippen LogP contribution in [0.1, 0.15) is 19.4 Å². The molecular formula is C17H20ClF3N6O3S. The number of aromatic nitrogens is 3. The summed E-state index contributed by atoms with van der Waals surface area (Å²) in [4.78, 5) is 11.1. The van der Waals surface area contributed by atoms with Crippen molar-refractivity contribution in [1.82, 2.24) is 19.7 Å². The lowest BCUT2D eigenvalue weighted by atomic mass is 9.99. The summed E-state index contributed by atoms with van der Waals surface area (Å²) in [5.41, 5.74) is 1.77. The van der Waals surface area contributed by atoms with Crippen molar-refractivity contribution in [2.45, 2.75) is 36.6 Å². The van der Waals surface area contributed by atoms with Gasteiger partial charge in [-0.1, -0.05) is 11.6 Å². The summed E-state index contributed by atoms with van der Waals surface area (Å²) in [6.07, 6.45) is -0.712. The molecule has 0 fully saturated rings. The number of nitrogens with two attached hydrogens (primary N) is 1. The Balaban J connectivity index is 2.15. The Labute approximate surface area is 181 Å². The number of halogens is 4. The van der Waals surface area contributed by atoms with Gasteiger partial charge in [0.2, 0.25) is 16.0 Å². The molecule has 0 aromatic carbocycles. The molecule has 0 amide bonds. The Morgan fingerprint density at radius 2 is 1.87 bits per heavy atom. The summed E-state index contributed by atoms with van der Waals surface area (Å²) in [5, 5.41) is 12.7. The zero-order valence-corrected chi connectivity index (χ0v) is 17.9. The Kier molecular flexibility index (Phi) is 7.47. The standard InChI is InChI=1S/C17H20ClF3N6O3S/c1-10(18)5-12(8-26-31(29,30)13-3-4-14(22)23-9-13)27-15-24-6-11(7-25-15)16(2,28)17(19,20)21/h3-7,9,12,26,28H,8H2,1-2H3,(H2,22,23)(H,24,25,27)/b10-5-/t12-,16?/m0/s1. The van der Waals surface area contributed by atoms with Crippen LogP contribution in [0.25, 0.3) is 0 Å². The lowest BCUT2D eigenvalue weighted by molar-refractivity contribution is -0.259. The summed E-state index contributed by atoms with van der Waals surface area (Å²) < 4.78 is 65.9. The molecule has 14 heteroatoms. The van der Waals surface area contributed by atoms with Crippen LogP contribution in [0.5, 0.6) is 0 Å². The van der Waals surface area contributed by atoms with Gasteiger partial charge in [0.05, 0.1) is 6.04 Å². The number of rotatable bonds is 8. The molecule has 0 aliphatic heterocycles. The van der Waals surface area contributed by atoms with Crippen LogP contribution in [-0.2, 0) is 15.6 Å². The molecule has 0 aliphatic rings. The number of hydrogen-bond donors (Lipinski definition) is 4. The van der Waals surface area contributed by atoms with Gasteiger partial charge in [0.15, 0.2) is 5.60 Å². The monoisotopic (exact) mass is 480 g/mol. The Bertz CT molecular complexity index is 1020. The van der Waals surface area contributed by atoms with Crippen molar-refractivity contribution in [3.05, 3.63) is 47.4 Å². The maximum atomic E-state index is 12.9. The van der Waals surface area contributed by atoms with Crippen LogP contribution in [-0.4, -0.2) is 47.2 Å². The summed E-state index contributed by atoms with van der Waals surface area (Å²) in [6.45, 7) is 1.95.